The van der Waals surface area contributed by atoms with Gasteiger partial charge in [-0.3, -0.25) is 0 Å². The van der Waals surface area contributed by atoms with Gasteiger partial charge in [-0.05, 0) is 39.9 Å². The van der Waals surface area contributed by atoms with E-state index in [1.807, 2.05) is 6.26 Å². The summed E-state index contributed by atoms with van der Waals surface area (Å²) in [6, 6.07) is 5.08. The van der Waals surface area contributed by atoms with Crippen LogP contribution in [-0.4, -0.2) is 38.3 Å². The molecule has 1 rings (SSSR count). The minimum absolute atomic E-state index is 0.281. The number of sulfonamides is 1. The molecule has 4 nitrogen and oxygen atoms in total. The highest BCUT2D eigenvalue weighted by Crippen LogP contribution is 2.25. The van der Waals surface area contributed by atoms with Gasteiger partial charge in [0.1, 0.15) is 0 Å². The first-order valence-electron chi connectivity index (χ1n) is 5.37. The number of hydrogen-bond donors (Lipinski definition) is 1. The summed E-state index contributed by atoms with van der Waals surface area (Å²) in [6.07, 6.45) is 1.95. The maximum Gasteiger partial charge on any atom is 0.243 e. The average molecular weight is 353 g/mol. The molecule has 0 atom stereocenters. The zero-order valence-electron chi connectivity index (χ0n) is 10.4. The first-order valence-corrected chi connectivity index (χ1v) is 9.00. The van der Waals surface area contributed by atoms with E-state index in [9.17, 15) is 8.42 Å². The van der Waals surface area contributed by atoms with E-state index in [2.05, 4.69) is 15.9 Å². The van der Waals surface area contributed by atoms with E-state index in [1.54, 1.807) is 37.0 Å². The second kappa shape index (κ2) is 6.91. The van der Waals surface area contributed by atoms with Crippen molar-refractivity contribution in [3.8, 4) is 0 Å². The van der Waals surface area contributed by atoms with Crippen molar-refractivity contribution in [1.29, 1.82) is 0 Å². The highest BCUT2D eigenvalue weighted by atomic mass is 79.9. The van der Waals surface area contributed by atoms with Gasteiger partial charge in [0.25, 0.3) is 0 Å². The highest BCUT2D eigenvalue weighted by molar-refractivity contribution is 9.10. The summed E-state index contributed by atoms with van der Waals surface area (Å²) in [6.45, 7) is 0.885. The summed E-state index contributed by atoms with van der Waals surface area (Å²) in [5.41, 5.74) is 6.42. The van der Waals surface area contributed by atoms with E-state index in [1.165, 1.54) is 4.31 Å². The molecular weight excluding hydrogens is 336 g/mol. The van der Waals surface area contributed by atoms with Crippen molar-refractivity contribution < 1.29 is 8.42 Å². The third-order valence-electron chi connectivity index (χ3n) is 2.53. The molecule has 0 unspecified atom stereocenters. The van der Waals surface area contributed by atoms with Crippen LogP contribution >= 0.6 is 27.7 Å². The molecule has 0 spiro atoms. The number of rotatable bonds is 6. The van der Waals surface area contributed by atoms with Crippen LogP contribution in [0.1, 0.15) is 5.56 Å². The summed E-state index contributed by atoms with van der Waals surface area (Å²) in [5, 5.41) is 0. The summed E-state index contributed by atoms with van der Waals surface area (Å²) in [5.74, 6) is 0.772. The van der Waals surface area contributed by atoms with Gasteiger partial charge in [-0.1, -0.05) is 6.07 Å². The van der Waals surface area contributed by atoms with E-state index in [0.717, 1.165) is 11.3 Å². The Kier molecular flexibility index (Phi) is 6.13. The molecule has 0 aliphatic rings. The molecule has 18 heavy (non-hydrogen) atoms. The molecule has 0 saturated heterocycles. The Morgan fingerprint density at radius 1 is 1.44 bits per heavy atom. The number of hydrogen-bond acceptors (Lipinski definition) is 4. The molecule has 0 radical (unpaired) electrons. The van der Waals surface area contributed by atoms with Crippen LogP contribution in [0.15, 0.2) is 27.6 Å². The molecule has 2 N–H and O–H groups in total. The van der Waals surface area contributed by atoms with Crippen molar-refractivity contribution in [2.45, 2.75) is 11.4 Å². The van der Waals surface area contributed by atoms with E-state index >= 15 is 0 Å². The smallest absolute Gasteiger partial charge is 0.243 e. The first kappa shape index (κ1) is 16.0. The molecule has 0 saturated carbocycles. The van der Waals surface area contributed by atoms with Crippen LogP contribution in [0.3, 0.4) is 0 Å². The Hall–Kier alpha value is -0.0800. The lowest BCUT2D eigenvalue weighted by atomic mass is 10.2. The van der Waals surface area contributed by atoms with Crippen LogP contribution in [0.25, 0.3) is 0 Å². The van der Waals surface area contributed by atoms with E-state index < -0.39 is 10.0 Å². The molecule has 1 aromatic rings. The lowest BCUT2D eigenvalue weighted by Crippen LogP contribution is -2.29. The normalized spacial score (nSPS) is 12.1. The maximum atomic E-state index is 12.3. The van der Waals surface area contributed by atoms with Crippen LogP contribution in [-0.2, 0) is 16.6 Å². The lowest BCUT2D eigenvalue weighted by molar-refractivity contribution is 0.488. The van der Waals surface area contributed by atoms with Crippen molar-refractivity contribution in [3.63, 3.8) is 0 Å². The van der Waals surface area contributed by atoms with Crippen LogP contribution < -0.4 is 5.73 Å². The van der Waals surface area contributed by atoms with Crippen molar-refractivity contribution in [3.05, 3.63) is 28.2 Å². The van der Waals surface area contributed by atoms with Crippen LogP contribution in [0.4, 0.5) is 0 Å². The minimum atomic E-state index is -3.43. The summed E-state index contributed by atoms with van der Waals surface area (Å²) >= 11 is 4.91. The van der Waals surface area contributed by atoms with Crippen molar-refractivity contribution in [1.82, 2.24) is 4.31 Å². The van der Waals surface area contributed by atoms with E-state index in [0.29, 0.717) is 17.6 Å². The predicted molar refractivity (Wildman–Crippen MR) is 80.2 cm³/mol. The SMILES string of the molecule is CSCCN(C)S(=O)(=O)c1ccc(CN)cc1Br. The quantitative estimate of drug-likeness (QED) is 0.848. The Labute approximate surface area is 121 Å². The zero-order valence-corrected chi connectivity index (χ0v) is 13.6. The van der Waals surface area contributed by atoms with Gasteiger partial charge in [0, 0.05) is 30.4 Å². The Balaban J connectivity index is 3.05. The third kappa shape index (κ3) is 3.71. The largest absolute Gasteiger partial charge is 0.326 e. The Bertz CT molecular complexity index is 506. The van der Waals surface area contributed by atoms with Gasteiger partial charge in [-0.25, -0.2) is 12.7 Å². The molecule has 1 aromatic carbocycles. The lowest BCUT2D eigenvalue weighted by Gasteiger charge is -2.17. The number of halogens is 1. The fraction of sp³-hybridized carbons (Fsp3) is 0.455. The second-order valence-electron chi connectivity index (χ2n) is 3.79. The van der Waals surface area contributed by atoms with Gasteiger partial charge in [0.05, 0.1) is 4.90 Å². The number of nitrogens with zero attached hydrogens (tertiary/aromatic N) is 1. The average Bonchev–Trinajstić information content (AvgIpc) is 2.35. The molecule has 0 amide bonds. The van der Waals surface area contributed by atoms with E-state index in [-0.39, 0.29) is 4.90 Å². The third-order valence-corrected chi connectivity index (χ3v) is 5.95. The van der Waals surface area contributed by atoms with Gasteiger partial charge >= 0.3 is 0 Å². The molecule has 0 bridgehead atoms. The molecule has 0 aliphatic heterocycles. The predicted octanol–water partition coefficient (Wildman–Crippen LogP) is 1.89. The fourth-order valence-corrected chi connectivity index (χ4v) is 4.21. The number of benzene rings is 1. The topological polar surface area (TPSA) is 63.4 Å². The van der Waals surface area contributed by atoms with Gasteiger partial charge in [0.2, 0.25) is 10.0 Å². The van der Waals surface area contributed by atoms with Crippen LogP contribution in [0, 0.1) is 0 Å². The van der Waals surface area contributed by atoms with Crippen molar-refractivity contribution >= 4 is 37.7 Å². The summed E-state index contributed by atoms with van der Waals surface area (Å²) in [7, 11) is -1.84. The monoisotopic (exact) mass is 352 g/mol. The minimum Gasteiger partial charge on any atom is -0.326 e. The first-order chi connectivity index (χ1) is 8.43. The summed E-state index contributed by atoms with van der Waals surface area (Å²) < 4.78 is 26.6. The van der Waals surface area contributed by atoms with Gasteiger partial charge in [-0.15, -0.1) is 0 Å². The highest BCUT2D eigenvalue weighted by Gasteiger charge is 2.22. The molecular formula is C11H17BrN2O2S2. The van der Waals surface area contributed by atoms with Crippen LogP contribution in [0.5, 0.6) is 0 Å². The van der Waals surface area contributed by atoms with Crippen molar-refractivity contribution in [2.24, 2.45) is 5.73 Å². The number of thioether (sulfide) groups is 1. The summed E-state index contributed by atoms with van der Waals surface area (Å²) in [4.78, 5) is 0.281. The molecule has 7 heteroatoms. The van der Waals surface area contributed by atoms with Gasteiger partial charge in [-0.2, -0.15) is 11.8 Å². The fourth-order valence-electron chi connectivity index (χ4n) is 1.39. The molecule has 0 heterocycles. The molecule has 0 aliphatic carbocycles. The van der Waals surface area contributed by atoms with Crippen molar-refractivity contribution in [2.75, 3.05) is 25.6 Å². The molecule has 0 fully saturated rings. The van der Waals surface area contributed by atoms with E-state index in [4.69, 9.17) is 5.73 Å². The standard InChI is InChI=1S/C11H17BrN2O2S2/c1-14(5-6-17-2)18(15,16)11-4-3-9(8-13)7-10(11)12/h3-4,7H,5-6,8,13H2,1-2H3. The maximum absolute atomic E-state index is 12.3. The molecule has 0 aromatic heterocycles. The molecule has 102 valence electrons. The second-order valence-corrected chi connectivity index (χ2v) is 7.64. The van der Waals surface area contributed by atoms with Crippen LogP contribution in [0.2, 0.25) is 0 Å². The van der Waals surface area contributed by atoms with Gasteiger partial charge in [0.15, 0.2) is 0 Å². The zero-order chi connectivity index (χ0) is 13.8. The Morgan fingerprint density at radius 2 is 2.11 bits per heavy atom. The number of nitrogens with two attached hydrogens (primary N) is 1. The Morgan fingerprint density at radius 3 is 2.61 bits per heavy atom. The van der Waals surface area contributed by atoms with Gasteiger partial charge < -0.3 is 5.73 Å².